The Hall–Kier alpha value is -2.08. The summed E-state index contributed by atoms with van der Waals surface area (Å²) in [6.07, 6.45) is 1.38. The van der Waals surface area contributed by atoms with Crippen molar-refractivity contribution >= 4 is 23.2 Å². The van der Waals surface area contributed by atoms with E-state index in [-0.39, 0.29) is 12.5 Å². The Labute approximate surface area is 147 Å². The van der Waals surface area contributed by atoms with Crippen LogP contribution in [0.5, 0.6) is 6.01 Å². The number of ether oxygens (including phenoxy) is 1. The number of hydrogen-bond acceptors (Lipinski definition) is 4. The molecule has 0 spiro atoms. The van der Waals surface area contributed by atoms with Gasteiger partial charge in [-0.05, 0) is 24.5 Å². The third-order valence-electron chi connectivity index (χ3n) is 3.96. The highest BCUT2D eigenvalue weighted by Crippen LogP contribution is 2.25. The van der Waals surface area contributed by atoms with Gasteiger partial charge in [0.05, 0.1) is 13.7 Å². The lowest BCUT2D eigenvalue weighted by atomic mass is 10.1. The van der Waals surface area contributed by atoms with Gasteiger partial charge in [0.1, 0.15) is 5.38 Å². The van der Waals surface area contributed by atoms with Crippen LogP contribution in [-0.2, 0) is 24.8 Å². The molecule has 1 unspecified atom stereocenters. The molecule has 2 aromatic rings. The van der Waals surface area contributed by atoms with Gasteiger partial charge in [0.2, 0.25) is 5.91 Å². The highest BCUT2D eigenvalue weighted by atomic mass is 35.5. The van der Waals surface area contributed by atoms with Gasteiger partial charge in [-0.1, -0.05) is 37.1 Å². The molecule has 0 bridgehead atoms. The van der Waals surface area contributed by atoms with E-state index in [1.165, 1.54) is 7.11 Å². The molecule has 0 aliphatic heterocycles. The average Bonchev–Trinajstić information content (AvgIpc) is 2.98. The highest BCUT2D eigenvalue weighted by Gasteiger charge is 2.26. The third-order valence-corrected chi connectivity index (χ3v) is 4.46. The number of benzene rings is 1. The number of nitrogens with zero attached hydrogens (tertiary/aromatic N) is 4. The molecule has 0 fully saturated rings. The molecule has 1 amide bonds. The van der Waals surface area contributed by atoms with Gasteiger partial charge < -0.3 is 9.64 Å². The van der Waals surface area contributed by atoms with Crippen molar-refractivity contribution in [3.63, 3.8) is 0 Å². The van der Waals surface area contributed by atoms with Crippen LogP contribution in [-0.4, -0.2) is 33.2 Å². The Morgan fingerprint density at radius 3 is 2.62 bits per heavy atom. The first-order valence-electron chi connectivity index (χ1n) is 7.99. The highest BCUT2D eigenvalue weighted by molar-refractivity contribution is 6.32. The van der Waals surface area contributed by atoms with Crippen molar-refractivity contribution in [2.45, 2.75) is 38.6 Å². The van der Waals surface area contributed by atoms with Gasteiger partial charge in [-0.15, -0.1) is 16.7 Å². The molecule has 24 heavy (non-hydrogen) atoms. The smallest absolute Gasteiger partial charge is 0.316 e. The Balaban J connectivity index is 2.43. The van der Waals surface area contributed by atoms with Gasteiger partial charge >= 0.3 is 6.01 Å². The Kier molecular flexibility index (Phi) is 6.20. The predicted octanol–water partition coefficient (Wildman–Crippen LogP) is 2.94. The Morgan fingerprint density at radius 1 is 1.33 bits per heavy atom. The van der Waals surface area contributed by atoms with Crippen molar-refractivity contribution in [2.75, 3.05) is 12.0 Å². The van der Waals surface area contributed by atoms with Crippen molar-refractivity contribution in [3.05, 3.63) is 35.7 Å². The fraction of sp³-hybridized carbons (Fsp3) is 0.471. The predicted molar refractivity (Wildman–Crippen MR) is 94.5 cm³/mol. The number of halogens is 1. The normalized spacial score (nSPS) is 12.0. The van der Waals surface area contributed by atoms with E-state index in [2.05, 4.69) is 17.1 Å². The van der Waals surface area contributed by atoms with Crippen LogP contribution in [0.2, 0.25) is 0 Å². The molecule has 0 aliphatic carbocycles. The van der Waals surface area contributed by atoms with Crippen LogP contribution >= 0.6 is 11.6 Å². The summed E-state index contributed by atoms with van der Waals surface area (Å²) in [6, 6.07) is 8.24. The fourth-order valence-corrected chi connectivity index (χ4v) is 2.62. The monoisotopic (exact) mass is 350 g/mol. The van der Waals surface area contributed by atoms with E-state index < -0.39 is 5.38 Å². The molecule has 0 N–H and O–H groups in total. The van der Waals surface area contributed by atoms with E-state index >= 15 is 0 Å². The van der Waals surface area contributed by atoms with Crippen molar-refractivity contribution in [1.29, 1.82) is 0 Å². The summed E-state index contributed by atoms with van der Waals surface area (Å²) in [4.78, 5) is 14.5. The molecular formula is C17H23ClN4O2. The van der Waals surface area contributed by atoms with Crippen molar-refractivity contribution < 1.29 is 9.53 Å². The first-order valence-corrected chi connectivity index (χ1v) is 8.42. The van der Waals surface area contributed by atoms with Crippen molar-refractivity contribution in [2.24, 2.45) is 7.05 Å². The van der Waals surface area contributed by atoms with Gasteiger partial charge in [0.25, 0.3) is 0 Å². The largest absolute Gasteiger partial charge is 0.467 e. The lowest BCUT2D eigenvalue weighted by Crippen LogP contribution is -2.37. The fourth-order valence-electron chi connectivity index (χ4n) is 2.50. The molecule has 1 aromatic carbocycles. The Morgan fingerprint density at radius 2 is 2.04 bits per heavy atom. The Bertz CT molecular complexity index is 702. The van der Waals surface area contributed by atoms with Crippen LogP contribution < -0.4 is 9.64 Å². The second kappa shape index (κ2) is 8.15. The van der Waals surface area contributed by atoms with E-state index in [9.17, 15) is 4.79 Å². The number of alkyl halides is 1. The van der Waals surface area contributed by atoms with Crippen LogP contribution in [0.4, 0.5) is 5.69 Å². The van der Waals surface area contributed by atoms with Gasteiger partial charge in [0.15, 0.2) is 5.82 Å². The first kappa shape index (κ1) is 18.3. The molecule has 0 saturated carbocycles. The number of para-hydroxylation sites is 1. The number of carbonyl (C=O) groups is 1. The van der Waals surface area contributed by atoms with Crippen molar-refractivity contribution in [3.8, 4) is 6.01 Å². The summed E-state index contributed by atoms with van der Waals surface area (Å²) >= 11 is 6.24. The van der Waals surface area contributed by atoms with Crippen LogP contribution in [0.25, 0.3) is 0 Å². The first-order chi connectivity index (χ1) is 11.5. The minimum Gasteiger partial charge on any atom is -0.467 e. The molecule has 7 heteroatoms. The zero-order chi connectivity index (χ0) is 17.7. The number of amides is 1. The van der Waals surface area contributed by atoms with Gasteiger partial charge in [-0.2, -0.15) is 0 Å². The average molecular weight is 351 g/mol. The molecule has 0 radical (unpaired) electrons. The van der Waals surface area contributed by atoms with Crippen LogP contribution in [0.1, 0.15) is 31.7 Å². The van der Waals surface area contributed by atoms with Gasteiger partial charge in [0, 0.05) is 12.7 Å². The molecule has 0 aliphatic rings. The number of hydrogen-bond donors (Lipinski definition) is 0. The van der Waals surface area contributed by atoms with Crippen molar-refractivity contribution in [1.82, 2.24) is 14.8 Å². The molecule has 1 heterocycles. The number of carbonyl (C=O) groups excluding carboxylic acids is 1. The second-order valence-corrected chi connectivity index (χ2v) is 5.97. The van der Waals surface area contributed by atoms with Gasteiger partial charge in [-0.25, -0.2) is 0 Å². The summed E-state index contributed by atoms with van der Waals surface area (Å²) in [6.45, 7) is 4.24. The maximum Gasteiger partial charge on any atom is 0.316 e. The molecule has 1 aromatic heterocycles. The molecule has 130 valence electrons. The molecule has 2 rings (SSSR count). The number of aromatic nitrogens is 3. The summed E-state index contributed by atoms with van der Waals surface area (Å²) in [5.41, 5.74) is 1.94. The summed E-state index contributed by atoms with van der Waals surface area (Å²) in [5, 5.41) is 7.51. The lowest BCUT2D eigenvalue weighted by Gasteiger charge is -2.26. The van der Waals surface area contributed by atoms with E-state index in [0.717, 1.165) is 17.7 Å². The topological polar surface area (TPSA) is 60.2 Å². The molecule has 6 nitrogen and oxygen atoms in total. The van der Waals surface area contributed by atoms with E-state index in [1.807, 2.05) is 31.2 Å². The van der Waals surface area contributed by atoms with E-state index in [1.54, 1.807) is 16.5 Å². The SMILES string of the molecule is CCc1ccccc1N(Cc1nnc(OC)n1C)C(=O)C(Cl)CC. The lowest BCUT2D eigenvalue weighted by molar-refractivity contribution is -0.118. The number of rotatable bonds is 7. The van der Waals surface area contributed by atoms with E-state index in [4.69, 9.17) is 16.3 Å². The standard InChI is InChI=1S/C17H23ClN4O2/c1-5-12-9-7-8-10-14(12)22(16(23)13(18)6-2)11-15-19-20-17(24-4)21(15)3/h7-10,13H,5-6,11H2,1-4H3. The van der Waals surface area contributed by atoms with Crippen LogP contribution in [0.3, 0.4) is 0 Å². The van der Waals surface area contributed by atoms with Crippen LogP contribution in [0.15, 0.2) is 24.3 Å². The molecule has 1 atom stereocenters. The molecule has 0 saturated heterocycles. The quantitative estimate of drug-likeness (QED) is 0.720. The second-order valence-electron chi connectivity index (χ2n) is 5.44. The zero-order valence-corrected chi connectivity index (χ0v) is 15.2. The number of anilines is 1. The summed E-state index contributed by atoms with van der Waals surface area (Å²) in [5.74, 6) is 0.494. The molecular weight excluding hydrogens is 328 g/mol. The maximum atomic E-state index is 12.8. The zero-order valence-electron chi connectivity index (χ0n) is 14.5. The maximum absolute atomic E-state index is 12.8. The number of methoxy groups -OCH3 is 1. The van der Waals surface area contributed by atoms with E-state index in [0.29, 0.717) is 18.3 Å². The number of aryl methyl sites for hydroxylation is 1. The summed E-state index contributed by atoms with van der Waals surface area (Å²) in [7, 11) is 3.34. The minimum atomic E-state index is -0.579. The minimum absolute atomic E-state index is 0.137. The van der Waals surface area contributed by atoms with Crippen LogP contribution in [0, 0.1) is 0 Å². The third kappa shape index (κ3) is 3.70. The van der Waals surface area contributed by atoms with Gasteiger partial charge in [-0.3, -0.25) is 9.36 Å². The summed E-state index contributed by atoms with van der Waals surface area (Å²) < 4.78 is 6.87.